The third-order valence-electron chi connectivity index (χ3n) is 7.70. The predicted octanol–water partition coefficient (Wildman–Crippen LogP) is 1.77. The van der Waals surface area contributed by atoms with E-state index in [9.17, 15) is 28.8 Å². The van der Waals surface area contributed by atoms with Gasteiger partial charge in [0.1, 0.15) is 23.9 Å². The fourth-order valence-corrected chi connectivity index (χ4v) is 5.02. The molecule has 13 nitrogen and oxygen atoms in total. The number of hydrogen-bond donors (Lipinski definition) is 5. The second-order valence-corrected chi connectivity index (χ2v) is 12.8. The highest BCUT2D eigenvalue weighted by Gasteiger charge is 2.29. The van der Waals surface area contributed by atoms with Crippen LogP contribution in [0.4, 0.5) is 0 Å². The van der Waals surface area contributed by atoms with Gasteiger partial charge in [-0.2, -0.15) is 0 Å². The molecule has 4 unspecified atom stereocenters. The first-order chi connectivity index (χ1) is 23.8. The van der Waals surface area contributed by atoms with E-state index in [2.05, 4.69) is 33.9 Å². The zero-order valence-electron chi connectivity index (χ0n) is 29.9. The lowest BCUT2D eigenvalue weighted by Gasteiger charge is -2.24. The fraction of sp³-hybridized carbons (Fsp3) is 0.514. The second kappa shape index (κ2) is 22.0. The maximum absolute atomic E-state index is 13.5. The number of rotatable bonds is 21. The lowest BCUT2D eigenvalue weighted by Crippen LogP contribution is -2.69. The second-order valence-electron chi connectivity index (χ2n) is 12.8. The van der Waals surface area contributed by atoms with Gasteiger partial charge in [0.2, 0.25) is 17.7 Å². The lowest BCUT2D eigenvalue weighted by molar-refractivity contribution is -0.403. The van der Waals surface area contributed by atoms with E-state index in [1.54, 1.807) is 24.3 Å². The first-order valence-electron chi connectivity index (χ1n) is 17.3. The smallest absolute Gasteiger partial charge is 0.328 e. The minimum atomic E-state index is -1.04. The Bertz CT molecular complexity index is 1400. The molecule has 4 amide bonds. The Morgan fingerprint density at radius 3 is 2.02 bits per heavy atom. The summed E-state index contributed by atoms with van der Waals surface area (Å²) >= 11 is 0. The molecule has 7 N–H and O–H groups in total. The van der Waals surface area contributed by atoms with Crippen molar-refractivity contribution in [2.24, 2.45) is 5.92 Å². The third-order valence-corrected chi connectivity index (χ3v) is 7.70. The molecule has 0 heterocycles. The average Bonchev–Trinajstić information content (AvgIpc) is 3.07. The number of esters is 2. The van der Waals surface area contributed by atoms with Gasteiger partial charge in [-0.05, 0) is 48.9 Å². The average molecular weight is 697 g/mol. The zero-order chi connectivity index (χ0) is 37.1. The molecular formula is C37H54N5O8+. The van der Waals surface area contributed by atoms with Crippen LogP contribution in [0.3, 0.4) is 0 Å². The van der Waals surface area contributed by atoms with Gasteiger partial charge in [-0.3, -0.25) is 24.0 Å². The quantitative estimate of drug-likeness (QED) is 0.0740. The standard InChI is InChI=1S/C37H53N5O8/c1-6-7-8-12-19-49-37(48)32(20-24(2)3)42-36(47)31(22-27-13-10-9-11-14-27)41-33(44)23-39-34(45)25(4)40-35(46)30(38)21-28-15-17-29(18-16-28)50-26(5)43/h9-11,13-18,24-25,30-32H,6-8,12,19-23,38H2,1-5H3,(H,39,45)(H,40,46)(H,41,44)(H,42,47)/p+1. The van der Waals surface area contributed by atoms with Crippen molar-refractivity contribution < 1.29 is 44.0 Å². The summed E-state index contributed by atoms with van der Waals surface area (Å²) in [5, 5.41) is 10.6. The lowest BCUT2D eigenvalue weighted by atomic mass is 10.0. The number of hydrogen-bond acceptors (Lipinski definition) is 8. The van der Waals surface area contributed by atoms with Gasteiger partial charge in [-0.25, -0.2) is 4.79 Å². The Labute approximate surface area is 294 Å². The molecule has 0 aliphatic heterocycles. The van der Waals surface area contributed by atoms with Gasteiger partial charge < -0.3 is 36.5 Å². The van der Waals surface area contributed by atoms with Crippen LogP contribution in [0.25, 0.3) is 0 Å². The maximum Gasteiger partial charge on any atom is 0.328 e. The van der Waals surface area contributed by atoms with E-state index in [0.717, 1.165) is 36.8 Å². The molecule has 0 saturated heterocycles. The number of nitrogens with one attached hydrogen (secondary N) is 4. The normalized spacial score (nSPS) is 13.3. The molecule has 0 saturated carbocycles. The molecule has 0 bridgehead atoms. The van der Waals surface area contributed by atoms with Crippen LogP contribution in [0, 0.1) is 5.92 Å². The summed E-state index contributed by atoms with van der Waals surface area (Å²) in [5.41, 5.74) is 5.46. The molecule has 2 aromatic rings. The van der Waals surface area contributed by atoms with Crippen LogP contribution in [0.15, 0.2) is 54.6 Å². The van der Waals surface area contributed by atoms with Crippen molar-refractivity contribution in [3.05, 3.63) is 65.7 Å². The highest BCUT2D eigenvalue weighted by Crippen LogP contribution is 2.14. The van der Waals surface area contributed by atoms with Crippen molar-refractivity contribution in [1.29, 1.82) is 0 Å². The van der Waals surface area contributed by atoms with E-state index >= 15 is 0 Å². The summed E-state index contributed by atoms with van der Waals surface area (Å²) < 4.78 is 10.5. The minimum absolute atomic E-state index is 0.0897. The van der Waals surface area contributed by atoms with Gasteiger partial charge in [-0.15, -0.1) is 0 Å². The Balaban J connectivity index is 1.96. The van der Waals surface area contributed by atoms with E-state index in [0.29, 0.717) is 12.2 Å². The largest absolute Gasteiger partial charge is 0.464 e. The molecule has 0 radical (unpaired) electrons. The van der Waals surface area contributed by atoms with E-state index in [4.69, 9.17) is 9.47 Å². The number of amides is 4. The Kier molecular flexibility index (Phi) is 18.2. The van der Waals surface area contributed by atoms with Crippen LogP contribution in [0.5, 0.6) is 5.75 Å². The Morgan fingerprint density at radius 2 is 1.40 bits per heavy atom. The van der Waals surface area contributed by atoms with Gasteiger partial charge in [0, 0.05) is 19.8 Å². The molecule has 0 aromatic heterocycles. The summed E-state index contributed by atoms with van der Waals surface area (Å²) in [6.45, 7) is 8.58. The Hall–Kier alpha value is -4.78. The van der Waals surface area contributed by atoms with E-state index < -0.39 is 66.3 Å². The third kappa shape index (κ3) is 16.1. The van der Waals surface area contributed by atoms with Crippen LogP contribution in [-0.4, -0.2) is 72.9 Å². The summed E-state index contributed by atoms with van der Waals surface area (Å²) in [6.07, 6.45) is 4.59. The van der Waals surface area contributed by atoms with Crippen molar-refractivity contribution >= 4 is 35.6 Å². The molecule has 2 rings (SSSR count). The van der Waals surface area contributed by atoms with Crippen LogP contribution >= 0.6 is 0 Å². The SMILES string of the molecule is CCCCCCOC(=O)C(CC(C)C)NC(=O)C(Cc1ccccc1)NC(=O)CNC(=O)C(C)NC(=O)C([NH3+])Cc1ccc(OC(C)=O)cc1. The van der Waals surface area contributed by atoms with E-state index in [1.807, 2.05) is 44.2 Å². The summed E-state index contributed by atoms with van der Waals surface area (Å²) in [4.78, 5) is 76.1. The maximum atomic E-state index is 13.5. The summed E-state index contributed by atoms with van der Waals surface area (Å²) in [6, 6.07) is 12.2. The van der Waals surface area contributed by atoms with E-state index in [1.165, 1.54) is 13.8 Å². The van der Waals surface area contributed by atoms with Gasteiger partial charge in [0.05, 0.1) is 13.2 Å². The molecule has 0 aliphatic rings. The first kappa shape index (κ1) is 41.4. The van der Waals surface area contributed by atoms with Crippen molar-refractivity contribution in [2.75, 3.05) is 13.2 Å². The molecule has 0 aliphatic carbocycles. The summed E-state index contributed by atoms with van der Waals surface area (Å²) in [7, 11) is 0. The molecule has 4 atom stereocenters. The van der Waals surface area contributed by atoms with Crippen LogP contribution < -0.4 is 31.7 Å². The zero-order valence-corrected chi connectivity index (χ0v) is 29.9. The number of ether oxygens (including phenoxy) is 2. The molecule has 2 aromatic carbocycles. The van der Waals surface area contributed by atoms with Crippen molar-refractivity contribution in [1.82, 2.24) is 21.3 Å². The van der Waals surface area contributed by atoms with Gasteiger partial charge in [0.15, 0.2) is 6.04 Å². The molecule has 13 heteroatoms. The summed E-state index contributed by atoms with van der Waals surface area (Å²) in [5.74, 6) is -2.72. The first-order valence-corrected chi connectivity index (χ1v) is 17.3. The van der Waals surface area contributed by atoms with Crippen molar-refractivity contribution in [3.63, 3.8) is 0 Å². The topological polar surface area (TPSA) is 197 Å². The van der Waals surface area contributed by atoms with E-state index in [-0.39, 0.29) is 25.4 Å². The molecule has 0 spiro atoms. The minimum Gasteiger partial charge on any atom is -0.464 e. The van der Waals surface area contributed by atoms with Crippen molar-refractivity contribution in [3.8, 4) is 5.75 Å². The number of quaternary nitrogens is 1. The van der Waals surface area contributed by atoms with Crippen LogP contribution in [-0.2, 0) is 46.3 Å². The molecular weight excluding hydrogens is 642 g/mol. The number of unbranched alkanes of at least 4 members (excludes halogenated alkanes) is 3. The van der Waals surface area contributed by atoms with Crippen LogP contribution in [0.2, 0.25) is 0 Å². The van der Waals surface area contributed by atoms with Crippen molar-refractivity contribution in [2.45, 2.75) is 104 Å². The number of carbonyl (C=O) groups is 6. The number of carbonyl (C=O) groups excluding carboxylic acids is 6. The molecule has 0 fully saturated rings. The van der Waals surface area contributed by atoms with Crippen LogP contribution in [0.1, 0.15) is 77.8 Å². The highest BCUT2D eigenvalue weighted by atomic mass is 16.5. The number of benzene rings is 2. The monoisotopic (exact) mass is 696 g/mol. The van der Waals surface area contributed by atoms with Gasteiger partial charge >= 0.3 is 11.9 Å². The van der Waals surface area contributed by atoms with Gasteiger partial charge in [-0.1, -0.05) is 82.5 Å². The van der Waals surface area contributed by atoms with Gasteiger partial charge in [0.25, 0.3) is 5.91 Å². The molecule has 50 heavy (non-hydrogen) atoms. The predicted molar refractivity (Wildman–Crippen MR) is 187 cm³/mol. The highest BCUT2D eigenvalue weighted by molar-refractivity contribution is 5.94. The molecule has 274 valence electrons. The Morgan fingerprint density at radius 1 is 0.740 bits per heavy atom. The fourth-order valence-electron chi connectivity index (χ4n) is 5.02.